The molecular formula is C32H44N5O17P. The molecule has 304 valence electrons. The summed E-state index contributed by atoms with van der Waals surface area (Å²) < 4.78 is 44.3. The van der Waals surface area contributed by atoms with Gasteiger partial charge < -0.3 is 48.6 Å². The number of aromatic nitrogens is 4. The van der Waals surface area contributed by atoms with Crippen molar-refractivity contribution < 1.29 is 72.0 Å². The van der Waals surface area contributed by atoms with Gasteiger partial charge in [0.2, 0.25) is 0 Å². The Morgan fingerprint density at radius 3 is 2.00 bits per heavy atom. The summed E-state index contributed by atoms with van der Waals surface area (Å²) in [4.78, 5) is 83.9. The molecule has 0 aromatic heterocycles. The topological polar surface area (TPSA) is 298 Å². The molecule has 4 atom stereocenters. The van der Waals surface area contributed by atoms with Crippen molar-refractivity contribution in [1.29, 1.82) is 0 Å². The third kappa shape index (κ3) is 13.0. The summed E-state index contributed by atoms with van der Waals surface area (Å²) >= 11 is 0. The van der Waals surface area contributed by atoms with Gasteiger partial charge in [0.05, 0.1) is 90.1 Å². The Hall–Kier alpha value is -4.06. The second-order valence-corrected chi connectivity index (χ2v) is 13.6. The first-order valence-corrected chi connectivity index (χ1v) is 18.6. The van der Waals surface area contributed by atoms with Gasteiger partial charge in [-0.25, -0.2) is 19.1 Å². The summed E-state index contributed by atoms with van der Waals surface area (Å²) in [6.07, 6.45) is -5.63. The SMILES string of the molecule is Cc1cc2nc3c(=O)[nH]c(=O)nc-3n(C[C@H](O)[C@H](O)[C@H](O)COP(=O)(O)OCCOCCOCCOCCOCCC(=O)ON3C(=O)CCC3=O)c2cc1C. The lowest BCUT2D eigenvalue weighted by atomic mass is 10.1. The summed E-state index contributed by atoms with van der Waals surface area (Å²) in [6.45, 7) is 3.01. The van der Waals surface area contributed by atoms with Crippen LogP contribution in [0.5, 0.6) is 0 Å². The molecule has 1 unspecified atom stereocenters. The first-order valence-electron chi connectivity index (χ1n) is 17.1. The normalized spacial score (nSPS) is 16.1. The van der Waals surface area contributed by atoms with Crippen molar-refractivity contribution in [2.75, 3.05) is 66.1 Å². The van der Waals surface area contributed by atoms with Crippen molar-refractivity contribution in [2.24, 2.45) is 0 Å². The van der Waals surface area contributed by atoms with E-state index in [0.717, 1.165) is 11.1 Å². The summed E-state index contributed by atoms with van der Waals surface area (Å²) in [7, 11) is -4.71. The molecule has 23 heteroatoms. The van der Waals surface area contributed by atoms with Crippen molar-refractivity contribution in [3.8, 4) is 11.5 Å². The molecule has 1 saturated heterocycles. The summed E-state index contributed by atoms with van der Waals surface area (Å²) in [5.74, 6) is -2.04. The van der Waals surface area contributed by atoms with Gasteiger partial charge in [-0.3, -0.25) is 28.4 Å². The maximum atomic E-state index is 12.5. The largest absolute Gasteiger partial charge is 0.472 e. The number of phosphoric ester groups is 1. The van der Waals surface area contributed by atoms with E-state index in [9.17, 15) is 48.8 Å². The van der Waals surface area contributed by atoms with Gasteiger partial charge in [0.1, 0.15) is 18.3 Å². The highest BCUT2D eigenvalue weighted by Gasteiger charge is 2.33. The predicted molar refractivity (Wildman–Crippen MR) is 185 cm³/mol. The van der Waals surface area contributed by atoms with Crippen LogP contribution < -0.4 is 11.2 Å². The first-order chi connectivity index (χ1) is 26.2. The van der Waals surface area contributed by atoms with Crippen molar-refractivity contribution >= 4 is 36.6 Å². The number of H-pyrrole nitrogens is 1. The van der Waals surface area contributed by atoms with E-state index in [1.165, 1.54) is 4.57 Å². The zero-order chi connectivity index (χ0) is 40.1. The molecule has 1 fully saturated rings. The lowest BCUT2D eigenvalue weighted by molar-refractivity contribution is -0.198. The number of rotatable bonds is 24. The zero-order valence-electron chi connectivity index (χ0n) is 30.1. The maximum absolute atomic E-state index is 12.5. The Bertz CT molecular complexity index is 1910. The Kier molecular flexibility index (Phi) is 16.5. The highest BCUT2D eigenvalue weighted by atomic mass is 31.2. The molecule has 1 aromatic rings. The monoisotopic (exact) mass is 801 g/mol. The number of aliphatic hydroxyl groups excluding tert-OH is 3. The van der Waals surface area contributed by atoms with Gasteiger partial charge in [0.15, 0.2) is 11.5 Å². The number of carbonyl (C=O) groups excluding carboxylic acids is 3. The number of fused-ring (bicyclic) bond motifs is 2. The van der Waals surface area contributed by atoms with Crippen LogP contribution in [-0.4, -0.2) is 147 Å². The predicted octanol–water partition coefficient (Wildman–Crippen LogP) is -1.52. The smallest absolute Gasteiger partial charge is 0.388 e. The second-order valence-electron chi connectivity index (χ2n) is 12.2. The second kappa shape index (κ2) is 20.7. The number of aliphatic hydroxyl groups is 3. The van der Waals surface area contributed by atoms with E-state index in [0.29, 0.717) is 16.1 Å². The van der Waals surface area contributed by atoms with Gasteiger partial charge in [0, 0.05) is 12.8 Å². The molecule has 22 nitrogen and oxygen atoms in total. The minimum absolute atomic E-state index is 0.0135. The van der Waals surface area contributed by atoms with Gasteiger partial charge in [-0.05, 0) is 37.1 Å². The Labute approximate surface area is 312 Å². The fourth-order valence-electron chi connectivity index (χ4n) is 5.03. The average Bonchev–Trinajstić information content (AvgIpc) is 3.45. The van der Waals surface area contributed by atoms with E-state index >= 15 is 0 Å². The Morgan fingerprint density at radius 2 is 1.38 bits per heavy atom. The number of ether oxygens (including phenoxy) is 4. The van der Waals surface area contributed by atoms with Gasteiger partial charge >= 0.3 is 19.5 Å². The number of hydrogen-bond acceptors (Lipinski definition) is 18. The number of aromatic amines is 1. The van der Waals surface area contributed by atoms with E-state index in [1.54, 1.807) is 12.1 Å². The summed E-state index contributed by atoms with van der Waals surface area (Å²) in [5, 5.41) is 32.4. The van der Waals surface area contributed by atoms with E-state index in [-0.39, 0.29) is 90.2 Å². The minimum Gasteiger partial charge on any atom is -0.388 e. The molecule has 0 saturated carbocycles. The van der Waals surface area contributed by atoms with E-state index in [2.05, 4.69) is 9.97 Å². The number of imide groups is 1. The molecule has 3 heterocycles. The highest BCUT2D eigenvalue weighted by Crippen LogP contribution is 2.43. The van der Waals surface area contributed by atoms with Crippen LogP contribution in [0.25, 0.3) is 22.6 Å². The molecule has 3 aliphatic heterocycles. The first kappa shape index (κ1) is 43.7. The fourth-order valence-corrected chi connectivity index (χ4v) is 5.75. The summed E-state index contributed by atoms with van der Waals surface area (Å²) in [6, 6.07) is 3.41. The molecule has 1 aromatic carbocycles. The lowest BCUT2D eigenvalue weighted by Crippen LogP contribution is -2.42. The van der Waals surface area contributed by atoms with E-state index in [1.807, 2.05) is 18.8 Å². The Balaban J connectivity index is 1.06. The molecule has 5 N–H and O–H groups in total. The van der Waals surface area contributed by atoms with Crippen LogP contribution >= 0.6 is 7.82 Å². The minimum atomic E-state index is -4.71. The van der Waals surface area contributed by atoms with Crippen molar-refractivity contribution in [3.63, 3.8) is 0 Å². The number of carbonyl (C=O) groups is 3. The van der Waals surface area contributed by atoms with Gasteiger partial charge in [-0.2, -0.15) is 4.98 Å². The van der Waals surface area contributed by atoms with Crippen molar-refractivity contribution in [3.05, 3.63) is 44.1 Å². The van der Waals surface area contributed by atoms with Crippen LogP contribution in [0.15, 0.2) is 21.7 Å². The number of aryl methyl sites for hydroxylation is 2. The molecule has 3 aliphatic rings. The molecule has 0 bridgehead atoms. The zero-order valence-corrected chi connectivity index (χ0v) is 31.0. The molecule has 0 radical (unpaired) electrons. The molecule has 55 heavy (non-hydrogen) atoms. The number of hydroxylamine groups is 2. The quantitative estimate of drug-likeness (QED) is 0.0297. The summed E-state index contributed by atoms with van der Waals surface area (Å²) in [5.41, 5.74) is 0.486. The van der Waals surface area contributed by atoms with Crippen LogP contribution in [0.4, 0.5) is 0 Å². The van der Waals surface area contributed by atoms with Crippen LogP contribution in [0.3, 0.4) is 0 Å². The standard InChI is InChI=1S/C32H44N5O17P/c1-19-15-21-22(16-20(19)2)36(30-28(33-21)31(44)35-32(45)34-30)17-23(38)29(43)24(39)18-53-55(46,47)52-14-13-51-12-11-50-10-9-49-8-7-48-6-5-27(42)54-37-25(40)3-4-26(37)41/h15-16,23-24,29,38-39,43H,3-14,17-18H2,1-2H3,(H,46,47)(H,35,44,45)/t23-,24+,29-/m0/s1. The van der Waals surface area contributed by atoms with Gasteiger partial charge in [-0.15, -0.1) is 5.06 Å². The third-order valence-corrected chi connectivity index (χ3v) is 9.02. The third-order valence-electron chi connectivity index (χ3n) is 8.04. The molecule has 0 spiro atoms. The molecule has 2 amide bonds. The van der Waals surface area contributed by atoms with Crippen LogP contribution in [0.1, 0.15) is 30.4 Å². The lowest BCUT2D eigenvalue weighted by Gasteiger charge is -2.26. The molecular weight excluding hydrogens is 757 g/mol. The Morgan fingerprint density at radius 1 is 0.818 bits per heavy atom. The van der Waals surface area contributed by atoms with Gasteiger partial charge in [-0.1, -0.05) is 0 Å². The molecule has 0 aliphatic carbocycles. The van der Waals surface area contributed by atoms with Crippen LogP contribution in [0.2, 0.25) is 0 Å². The van der Waals surface area contributed by atoms with Crippen LogP contribution in [-0.2, 0) is 58.3 Å². The number of nitrogens with one attached hydrogen (secondary N) is 1. The number of benzene rings is 1. The average molecular weight is 802 g/mol. The van der Waals surface area contributed by atoms with Gasteiger partial charge in [0.25, 0.3) is 17.4 Å². The number of amides is 2. The van der Waals surface area contributed by atoms with E-state index in [4.69, 9.17) is 32.8 Å². The van der Waals surface area contributed by atoms with E-state index < -0.39 is 68.3 Å². The molecule has 4 rings (SSSR count). The highest BCUT2D eigenvalue weighted by molar-refractivity contribution is 7.47. The van der Waals surface area contributed by atoms with Crippen LogP contribution in [0, 0.1) is 13.8 Å². The fraction of sp³-hybridized carbons (Fsp3) is 0.594. The number of hydrogen-bond donors (Lipinski definition) is 5. The van der Waals surface area contributed by atoms with Crippen molar-refractivity contribution in [1.82, 2.24) is 24.6 Å². The van der Waals surface area contributed by atoms with Crippen molar-refractivity contribution in [2.45, 2.75) is 58.0 Å². The number of phosphoric acid groups is 1. The maximum Gasteiger partial charge on any atom is 0.472 e. The number of nitrogens with zero attached hydrogens (tertiary/aromatic N) is 4.